The van der Waals surface area contributed by atoms with Gasteiger partial charge in [-0.3, -0.25) is 4.79 Å². The van der Waals surface area contributed by atoms with E-state index in [-0.39, 0.29) is 5.56 Å². The van der Waals surface area contributed by atoms with Gasteiger partial charge in [0.25, 0.3) is 0 Å². The van der Waals surface area contributed by atoms with Crippen LogP contribution in [-0.4, -0.2) is 18.1 Å². The number of thioether (sulfide) groups is 1. The van der Waals surface area contributed by atoms with Crippen LogP contribution in [-0.2, 0) is 10.5 Å². The van der Waals surface area contributed by atoms with Gasteiger partial charge in [0.1, 0.15) is 6.07 Å². The Balaban J connectivity index is 1.92. The Morgan fingerprint density at radius 3 is 2.63 bits per heavy atom. The zero-order valence-corrected chi connectivity index (χ0v) is 15.4. The summed E-state index contributed by atoms with van der Waals surface area (Å²) in [5, 5.41) is 10.2. The van der Waals surface area contributed by atoms with Gasteiger partial charge in [0.15, 0.2) is 0 Å². The Labute approximate surface area is 160 Å². The van der Waals surface area contributed by atoms with Gasteiger partial charge in [-0.15, -0.1) is 11.8 Å². The first-order chi connectivity index (χ1) is 13.1. The maximum absolute atomic E-state index is 12.1. The molecule has 1 heterocycles. The number of nitrogens with one attached hydrogen (secondary N) is 1. The van der Waals surface area contributed by atoms with Crippen molar-refractivity contribution in [1.29, 1.82) is 5.26 Å². The van der Waals surface area contributed by atoms with Gasteiger partial charge >= 0.3 is 5.97 Å². The van der Waals surface area contributed by atoms with Crippen LogP contribution >= 0.6 is 11.8 Å². The van der Waals surface area contributed by atoms with Crippen LogP contribution in [0.4, 0.5) is 0 Å². The molecule has 0 spiro atoms. The van der Waals surface area contributed by atoms with E-state index in [4.69, 9.17) is 4.74 Å². The molecule has 2 aromatic carbocycles. The molecule has 0 aliphatic heterocycles. The second-order valence-electron chi connectivity index (χ2n) is 5.71. The summed E-state index contributed by atoms with van der Waals surface area (Å²) in [5.41, 5.74) is 2.93. The molecule has 5 nitrogen and oxygen atoms in total. The highest BCUT2D eigenvalue weighted by molar-refractivity contribution is 7.98. The fourth-order valence-corrected chi connectivity index (χ4v) is 3.63. The number of H-pyrrole nitrogens is 1. The first-order valence-electron chi connectivity index (χ1n) is 8.15. The minimum Gasteiger partial charge on any atom is -0.465 e. The molecule has 0 aliphatic rings. The van der Waals surface area contributed by atoms with Crippen molar-refractivity contribution >= 4 is 17.7 Å². The summed E-state index contributed by atoms with van der Waals surface area (Å²) >= 11 is 1.35. The summed E-state index contributed by atoms with van der Waals surface area (Å²) in [6.07, 6.45) is 0. The first kappa shape index (κ1) is 18.5. The number of hydrogen-bond acceptors (Lipinski definition) is 5. The molecule has 27 heavy (non-hydrogen) atoms. The predicted octanol–water partition coefficient (Wildman–Crippen LogP) is 3.99. The number of carbonyl (C=O) groups is 1. The number of ether oxygens (including phenoxy) is 1. The summed E-state index contributed by atoms with van der Waals surface area (Å²) in [5.74, 6) is 0.0901. The van der Waals surface area contributed by atoms with Crippen LogP contribution in [0.15, 0.2) is 70.5 Å². The van der Waals surface area contributed by atoms with Gasteiger partial charge in [-0.1, -0.05) is 42.5 Å². The Kier molecular flexibility index (Phi) is 5.74. The van der Waals surface area contributed by atoms with Crippen molar-refractivity contribution in [3.8, 4) is 17.2 Å². The summed E-state index contributed by atoms with van der Waals surface area (Å²) in [7, 11) is 1.34. The van der Waals surface area contributed by atoms with Crippen LogP contribution in [0.25, 0.3) is 11.1 Å². The number of hydrogen-bond donors (Lipinski definition) is 1. The molecule has 1 aromatic heterocycles. The molecule has 0 radical (unpaired) electrons. The number of methoxy groups -OCH3 is 1. The summed E-state index contributed by atoms with van der Waals surface area (Å²) in [6, 6.07) is 20.1. The smallest absolute Gasteiger partial charge is 0.337 e. The normalized spacial score (nSPS) is 10.2. The van der Waals surface area contributed by atoms with Crippen molar-refractivity contribution in [1.82, 2.24) is 4.98 Å². The molecular weight excluding hydrogens is 360 g/mol. The number of carbonyl (C=O) groups excluding carboxylic acids is 1. The Morgan fingerprint density at radius 2 is 1.93 bits per heavy atom. The van der Waals surface area contributed by atoms with Crippen molar-refractivity contribution in [3.63, 3.8) is 0 Å². The zero-order valence-electron chi connectivity index (χ0n) is 14.6. The van der Waals surface area contributed by atoms with Crippen molar-refractivity contribution in [2.75, 3.05) is 7.11 Å². The van der Waals surface area contributed by atoms with Crippen LogP contribution in [0.5, 0.6) is 0 Å². The minimum atomic E-state index is -0.404. The van der Waals surface area contributed by atoms with E-state index in [1.165, 1.54) is 24.9 Å². The molecule has 0 bridgehead atoms. The number of rotatable bonds is 5. The van der Waals surface area contributed by atoms with Crippen molar-refractivity contribution in [2.24, 2.45) is 0 Å². The molecule has 134 valence electrons. The summed E-state index contributed by atoms with van der Waals surface area (Å²) in [6.45, 7) is 0. The molecular formula is C21H16N2O3S. The lowest BCUT2D eigenvalue weighted by atomic mass is 10.0. The van der Waals surface area contributed by atoms with Crippen LogP contribution in [0.3, 0.4) is 0 Å². The average molecular weight is 376 g/mol. The van der Waals surface area contributed by atoms with E-state index in [0.717, 1.165) is 11.1 Å². The van der Waals surface area contributed by atoms with Gasteiger partial charge in [0.2, 0.25) is 5.56 Å². The monoisotopic (exact) mass is 376 g/mol. The highest BCUT2D eigenvalue weighted by atomic mass is 32.2. The molecule has 0 amide bonds. The van der Waals surface area contributed by atoms with E-state index in [9.17, 15) is 14.9 Å². The number of nitrogens with zero attached hydrogens (tertiary/aromatic N) is 1. The zero-order chi connectivity index (χ0) is 19.2. The van der Waals surface area contributed by atoms with E-state index in [0.29, 0.717) is 27.5 Å². The Bertz CT molecular complexity index is 1070. The number of aromatic amines is 1. The van der Waals surface area contributed by atoms with E-state index < -0.39 is 5.97 Å². The molecule has 1 N–H and O–H groups in total. The SMILES string of the molecule is COC(=O)c1cccc(CSc2[nH]c(=O)cc(-c3ccccc3)c2C#N)c1. The van der Waals surface area contributed by atoms with Crippen LogP contribution in [0.2, 0.25) is 0 Å². The fraction of sp³-hybridized carbons (Fsp3) is 0.0952. The van der Waals surface area contributed by atoms with Gasteiger partial charge < -0.3 is 9.72 Å². The second kappa shape index (κ2) is 8.39. The molecule has 0 aliphatic carbocycles. The third-order valence-electron chi connectivity index (χ3n) is 3.94. The topological polar surface area (TPSA) is 83.0 Å². The third-order valence-corrected chi connectivity index (χ3v) is 5.01. The largest absolute Gasteiger partial charge is 0.465 e. The average Bonchev–Trinajstić information content (AvgIpc) is 2.72. The van der Waals surface area contributed by atoms with E-state index in [1.54, 1.807) is 18.2 Å². The van der Waals surface area contributed by atoms with Crippen LogP contribution in [0.1, 0.15) is 21.5 Å². The highest BCUT2D eigenvalue weighted by Gasteiger charge is 2.13. The molecule has 0 saturated heterocycles. The molecule has 0 atom stereocenters. The number of benzene rings is 2. The number of aromatic nitrogens is 1. The van der Waals surface area contributed by atoms with E-state index in [1.807, 2.05) is 36.4 Å². The quantitative estimate of drug-likeness (QED) is 0.538. The molecule has 6 heteroatoms. The molecule has 0 unspecified atom stereocenters. The van der Waals surface area contributed by atoms with Crippen LogP contribution in [0, 0.1) is 11.3 Å². The number of pyridine rings is 1. The lowest BCUT2D eigenvalue weighted by Crippen LogP contribution is -2.08. The van der Waals surface area contributed by atoms with Crippen molar-refractivity contribution in [2.45, 2.75) is 10.8 Å². The maximum atomic E-state index is 12.1. The fourth-order valence-electron chi connectivity index (χ4n) is 2.66. The highest BCUT2D eigenvalue weighted by Crippen LogP contribution is 2.30. The van der Waals surface area contributed by atoms with Gasteiger partial charge in [-0.05, 0) is 23.3 Å². The summed E-state index contributed by atoms with van der Waals surface area (Å²) in [4.78, 5) is 26.5. The minimum absolute atomic E-state index is 0.265. The lowest BCUT2D eigenvalue weighted by Gasteiger charge is -2.09. The lowest BCUT2D eigenvalue weighted by molar-refractivity contribution is 0.0600. The van der Waals surface area contributed by atoms with Gasteiger partial charge in [0, 0.05) is 17.4 Å². The molecule has 0 fully saturated rings. The van der Waals surface area contributed by atoms with Gasteiger partial charge in [0.05, 0.1) is 23.3 Å². The van der Waals surface area contributed by atoms with Gasteiger partial charge in [-0.25, -0.2) is 4.79 Å². The van der Waals surface area contributed by atoms with Gasteiger partial charge in [-0.2, -0.15) is 5.26 Å². The van der Waals surface area contributed by atoms with Crippen molar-refractivity contribution in [3.05, 3.63) is 87.7 Å². The molecule has 3 aromatic rings. The first-order valence-corrected chi connectivity index (χ1v) is 9.14. The van der Waals surface area contributed by atoms with Crippen LogP contribution < -0.4 is 5.56 Å². The predicted molar refractivity (Wildman–Crippen MR) is 105 cm³/mol. The number of esters is 1. The second-order valence-corrected chi connectivity index (χ2v) is 6.70. The standard InChI is InChI=1S/C21H16N2O3S/c1-26-21(25)16-9-5-6-14(10-16)13-27-20-18(12-22)17(11-19(24)23-20)15-7-3-2-4-8-15/h2-11H,13H2,1H3,(H,23,24). The van der Waals surface area contributed by atoms with E-state index in [2.05, 4.69) is 11.1 Å². The summed E-state index contributed by atoms with van der Waals surface area (Å²) < 4.78 is 4.73. The Morgan fingerprint density at radius 1 is 1.15 bits per heavy atom. The third kappa shape index (κ3) is 4.27. The molecule has 0 saturated carbocycles. The Hall–Kier alpha value is -3.30. The van der Waals surface area contributed by atoms with Crippen molar-refractivity contribution < 1.29 is 9.53 Å². The maximum Gasteiger partial charge on any atom is 0.337 e. The van der Waals surface area contributed by atoms with E-state index >= 15 is 0 Å². The number of nitriles is 1. The molecule has 3 rings (SSSR count).